The standard InChI is InChI=1S/C9H18O2.Zn/c1-5-6-7-9(2,3)8(10)11-4;/h5-7H2,1-4H3;. The number of unbranched alkanes of at least 4 members (excludes halogenated alkanes) is 1. The first kappa shape index (κ1) is 14.6. The third-order valence-electron chi connectivity index (χ3n) is 1.89. The number of hydrogen-bond donors (Lipinski definition) is 0. The Hall–Kier alpha value is 0.0934. The van der Waals surface area contributed by atoms with E-state index in [0.29, 0.717) is 0 Å². The van der Waals surface area contributed by atoms with Crippen molar-refractivity contribution in [2.45, 2.75) is 40.0 Å². The van der Waals surface area contributed by atoms with Gasteiger partial charge in [-0.15, -0.1) is 0 Å². The summed E-state index contributed by atoms with van der Waals surface area (Å²) in [5.74, 6) is -0.106. The van der Waals surface area contributed by atoms with Crippen molar-refractivity contribution < 1.29 is 29.0 Å². The number of rotatable bonds is 4. The third kappa shape index (κ3) is 4.87. The summed E-state index contributed by atoms with van der Waals surface area (Å²) in [6.45, 7) is 5.97. The maximum Gasteiger partial charge on any atom is 0.311 e. The molecule has 2 nitrogen and oxygen atoms in total. The Kier molecular flexibility index (Phi) is 8.03. The van der Waals surface area contributed by atoms with Crippen LogP contribution in [0, 0.1) is 5.41 Å². The van der Waals surface area contributed by atoms with Crippen molar-refractivity contribution in [1.82, 2.24) is 0 Å². The van der Waals surface area contributed by atoms with Gasteiger partial charge in [-0.3, -0.25) is 4.79 Å². The van der Waals surface area contributed by atoms with E-state index in [0.717, 1.165) is 19.3 Å². The zero-order chi connectivity index (χ0) is 8.91. The largest absolute Gasteiger partial charge is 0.469 e. The van der Waals surface area contributed by atoms with Gasteiger partial charge in [0.1, 0.15) is 0 Å². The Labute approximate surface area is 87.8 Å². The van der Waals surface area contributed by atoms with Crippen molar-refractivity contribution in [3.63, 3.8) is 0 Å². The van der Waals surface area contributed by atoms with Crippen LogP contribution < -0.4 is 0 Å². The number of hydrogen-bond acceptors (Lipinski definition) is 2. The number of ether oxygens (including phenoxy) is 1. The predicted molar refractivity (Wildman–Crippen MR) is 45.3 cm³/mol. The van der Waals surface area contributed by atoms with Gasteiger partial charge in [0.15, 0.2) is 0 Å². The minimum atomic E-state index is -0.301. The molecule has 3 heteroatoms. The normalized spacial score (nSPS) is 10.3. The smallest absolute Gasteiger partial charge is 0.311 e. The summed E-state index contributed by atoms with van der Waals surface area (Å²) >= 11 is 0. The molecule has 0 amide bonds. The van der Waals surface area contributed by atoms with Crippen LogP contribution in [0.15, 0.2) is 0 Å². The van der Waals surface area contributed by atoms with Crippen molar-refractivity contribution in [3.05, 3.63) is 0 Å². The quantitative estimate of drug-likeness (QED) is 0.540. The summed E-state index contributed by atoms with van der Waals surface area (Å²) in [5, 5.41) is 0. The molecule has 0 aromatic carbocycles. The van der Waals surface area contributed by atoms with Crippen molar-refractivity contribution in [2.75, 3.05) is 7.11 Å². The summed E-state index contributed by atoms with van der Waals surface area (Å²) in [6, 6.07) is 0. The summed E-state index contributed by atoms with van der Waals surface area (Å²) in [4.78, 5) is 11.1. The molecule has 0 aromatic heterocycles. The summed E-state index contributed by atoms with van der Waals surface area (Å²) in [7, 11) is 1.44. The summed E-state index contributed by atoms with van der Waals surface area (Å²) in [6.07, 6.45) is 3.12. The Bertz CT molecular complexity index is 132. The third-order valence-corrected chi connectivity index (χ3v) is 1.89. The van der Waals surface area contributed by atoms with Gasteiger partial charge in [0, 0.05) is 19.5 Å². The fourth-order valence-corrected chi connectivity index (χ4v) is 0.997. The molecular formula is C9H18O2Zn. The SMILES string of the molecule is CCCCC(C)(C)C(=O)OC.[Zn]. The number of carbonyl (C=O) groups excluding carboxylic acids is 1. The molecule has 0 radical (unpaired) electrons. The Morgan fingerprint density at radius 2 is 1.92 bits per heavy atom. The minimum absolute atomic E-state index is 0. The van der Waals surface area contributed by atoms with E-state index in [4.69, 9.17) is 0 Å². The molecule has 0 aliphatic heterocycles. The molecule has 0 saturated heterocycles. The van der Waals surface area contributed by atoms with Gasteiger partial charge in [-0.2, -0.15) is 0 Å². The first-order valence-electron chi connectivity index (χ1n) is 4.13. The fourth-order valence-electron chi connectivity index (χ4n) is 0.997. The average molecular weight is 224 g/mol. The van der Waals surface area contributed by atoms with Crippen LogP contribution in [0.5, 0.6) is 0 Å². The fraction of sp³-hybridized carbons (Fsp3) is 0.889. The second-order valence-electron chi connectivity index (χ2n) is 3.48. The Balaban J connectivity index is 0. The van der Waals surface area contributed by atoms with Crippen molar-refractivity contribution in [3.8, 4) is 0 Å². The molecule has 0 aliphatic rings. The molecular weight excluding hydrogens is 205 g/mol. The Morgan fingerprint density at radius 1 is 1.42 bits per heavy atom. The molecule has 0 N–H and O–H groups in total. The van der Waals surface area contributed by atoms with Crippen LogP contribution in [0.1, 0.15) is 40.0 Å². The van der Waals surface area contributed by atoms with E-state index in [9.17, 15) is 4.79 Å². The van der Waals surface area contributed by atoms with Crippen LogP contribution >= 0.6 is 0 Å². The predicted octanol–water partition coefficient (Wildman–Crippen LogP) is 2.37. The molecule has 0 aromatic rings. The maximum absolute atomic E-state index is 11.1. The van der Waals surface area contributed by atoms with Crippen LogP contribution in [-0.4, -0.2) is 13.1 Å². The van der Waals surface area contributed by atoms with Crippen LogP contribution in [0.4, 0.5) is 0 Å². The zero-order valence-corrected chi connectivity index (χ0v) is 11.6. The first-order valence-corrected chi connectivity index (χ1v) is 4.13. The first-order chi connectivity index (χ1) is 5.04. The minimum Gasteiger partial charge on any atom is -0.469 e. The van der Waals surface area contributed by atoms with Gasteiger partial charge in [-0.05, 0) is 20.3 Å². The second-order valence-corrected chi connectivity index (χ2v) is 3.48. The molecule has 0 bridgehead atoms. The molecule has 0 heterocycles. The van der Waals surface area contributed by atoms with Gasteiger partial charge in [0.2, 0.25) is 0 Å². The van der Waals surface area contributed by atoms with E-state index in [1.807, 2.05) is 13.8 Å². The molecule has 0 saturated carbocycles. The van der Waals surface area contributed by atoms with E-state index >= 15 is 0 Å². The van der Waals surface area contributed by atoms with Crippen LogP contribution in [-0.2, 0) is 29.0 Å². The molecule has 12 heavy (non-hydrogen) atoms. The number of carbonyl (C=O) groups is 1. The van der Waals surface area contributed by atoms with Crippen molar-refractivity contribution >= 4 is 5.97 Å². The summed E-state index contributed by atoms with van der Waals surface area (Å²) < 4.78 is 4.67. The van der Waals surface area contributed by atoms with E-state index < -0.39 is 0 Å². The van der Waals surface area contributed by atoms with E-state index in [-0.39, 0.29) is 30.9 Å². The van der Waals surface area contributed by atoms with Gasteiger partial charge in [0.25, 0.3) is 0 Å². The van der Waals surface area contributed by atoms with E-state index in [2.05, 4.69) is 11.7 Å². The van der Waals surface area contributed by atoms with Crippen LogP contribution in [0.25, 0.3) is 0 Å². The molecule has 0 atom stereocenters. The van der Waals surface area contributed by atoms with E-state index in [1.165, 1.54) is 7.11 Å². The van der Waals surface area contributed by atoms with Crippen LogP contribution in [0.2, 0.25) is 0 Å². The van der Waals surface area contributed by atoms with Crippen LogP contribution in [0.3, 0.4) is 0 Å². The van der Waals surface area contributed by atoms with Gasteiger partial charge in [-0.25, -0.2) is 0 Å². The molecule has 0 spiro atoms. The number of esters is 1. The average Bonchev–Trinajstić information content (AvgIpc) is 1.99. The second kappa shape index (κ2) is 6.59. The van der Waals surface area contributed by atoms with E-state index in [1.54, 1.807) is 0 Å². The zero-order valence-electron chi connectivity index (χ0n) is 8.64. The maximum atomic E-state index is 11.1. The van der Waals surface area contributed by atoms with Crippen molar-refractivity contribution in [2.24, 2.45) is 5.41 Å². The van der Waals surface area contributed by atoms with Gasteiger partial charge in [0.05, 0.1) is 12.5 Å². The van der Waals surface area contributed by atoms with Gasteiger partial charge in [-0.1, -0.05) is 19.8 Å². The van der Waals surface area contributed by atoms with Gasteiger partial charge < -0.3 is 4.74 Å². The molecule has 0 aliphatic carbocycles. The number of methoxy groups -OCH3 is 1. The summed E-state index contributed by atoms with van der Waals surface area (Å²) in [5.41, 5.74) is -0.301. The van der Waals surface area contributed by atoms with Gasteiger partial charge >= 0.3 is 5.97 Å². The topological polar surface area (TPSA) is 26.3 Å². The molecule has 0 fully saturated rings. The van der Waals surface area contributed by atoms with Crippen molar-refractivity contribution in [1.29, 1.82) is 0 Å². The Morgan fingerprint density at radius 3 is 2.25 bits per heavy atom. The monoisotopic (exact) mass is 222 g/mol. The molecule has 0 unspecified atom stereocenters. The molecule has 0 rings (SSSR count). The molecule has 68 valence electrons.